The molecular weight excluding hydrogens is 288 g/mol. The Bertz CT molecular complexity index is 432. The van der Waals surface area contributed by atoms with Gasteiger partial charge in [-0.05, 0) is 5.92 Å². The fourth-order valence-corrected chi connectivity index (χ4v) is 2.77. The topological polar surface area (TPSA) is 87.2 Å². The van der Waals surface area contributed by atoms with Crippen molar-refractivity contribution in [3.8, 4) is 0 Å². The van der Waals surface area contributed by atoms with E-state index in [0.717, 1.165) is 0 Å². The van der Waals surface area contributed by atoms with Gasteiger partial charge in [0.05, 0.1) is 18.4 Å². The summed E-state index contributed by atoms with van der Waals surface area (Å²) in [7, 11) is 3.05. The number of hydrogen-bond acceptors (Lipinski definition) is 4. The van der Waals surface area contributed by atoms with E-state index >= 15 is 0 Å². The predicted octanol–water partition coefficient (Wildman–Crippen LogP) is 0.295. The molecule has 7 heteroatoms. The third-order valence-electron chi connectivity index (χ3n) is 4.03. The predicted molar refractivity (Wildman–Crippen MR) is 80.1 cm³/mol. The molecule has 22 heavy (non-hydrogen) atoms. The monoisotopic (exact) mass is 314 g/mol. The number of methoxy groups -OCH3 is 1. The minimum absolute atomic E-state index is 0.0350. The molecule has 0 aromatic carbocycles. The molecule has 2 amide bonds. The third kappa shape index (κ3) is 3.97. The van der Waals surface area contributed by atoms with Gasteiger partial charge in [0, 0.05) is 27.2 Å². The third-order valence-corrected chi connectivity index (χ3v) is 4.03. The van der Waals surface area contributed by atoms with Crippen molar-refractivity contribution in [1.82, 2.24) is 9.80 Å². The first kappa shape index (κ1) is 18.4. The fraction of sp³-hybridized carbons (Fsp3) is 0.800. The molecule has 1 rings (SSSR count). The van der Waals surface area contributed by atoms with Gasteiger partial charge in [-0.1, -0.05) is 20.8 Å². The molecule has 2 atom stereocenters. The number of likely N-dealkylation sites (N-methyl/N-ethyl adjacent to an activating group) is 1. The van der Waals surface area contributed by atoms with Gasteiger partial charge in [-0.15, -0.1) is 0 Å². The molecule has 1 N–H and O–H groups in total. The van der Waals surface area contributed by atoms with E-state index in [-0.39, 0.29) is 29.6 Å². The van der Waals surface area contributed by atoms with Crippen LogP contribution in [0.15, 0.2) is 0 Å². The molecule has 0 radical (unpaired) electrons. The summed E-state index contributed by atoms with van der Waals surface area (Å²) in [5.74, 6) is -1.99. The van der Waals surface area contributed by atoms with Gasteiger partial charge in [-0.3, -0.25) is 9.59 Å². The average molecular weight is 314 g/mol. The summed E-state index contributed by atoms with van der Waals surface area (Å²) >= 11 is 0. The smallest absolute Gasteiger partial charge is 0.326 e. The van der Waals surface area contributed by atoms with Crippen molar-refractivity contribution in [2.75, 3.05) is 33.9 Å². The van der Waals surface area contributed by atoms with E-state index in [1.165, 1.54) is 11.9 Å². The first-order valence-electron chi connectivity index (χ1n) is 7.47. The average Bonchev–Trinajstić information content (AvgIpc) is 2.35. The standard InChI is InChI=1S/C15H26N2O5/c1-9(2)12(15(20)21)16(4)14(19)11-6-17(7-11)13(18)10(3)8-22-5/h9-12H,6-8H2,1-5H3,(H,20,21). The van der Waals surface area contributed by atoms with Crippen LogP contribution in [-0.2, 0) is 19.1 Å². The van der Waals surface area contributed by atoms with Crippen molar-refractivity contribution in [3.05, 3.63) is 0 Å². The van der Waals surface area contributed by atoms with Gasteiger partial charge in [-0.2, -0.15) is 0 Å². The lowest BCUT2D eigenvalue weighted by Gasteiger charge is -2.42. The van der Waals surface area contributed by atoms with Crippen molar-refractivity contribution >= 4 is 17.8 Å². The maximum atomic E-state index is 12.3. The number of hydrogen-bond donors (Lipinski definition) is 1. The highest BCUT2D eigenvalue weighted by molar-refractivity contribution is 5.88. The van der Waals surface area contributed by atoms with Crippen molar-refractivity contribution < 1.29 is 24.2 Å². The van der Waals surface area contributed by atoms with Gasteiger partial charge in [0.1, 0.15) is 6.04 Å². The molecule has 1 heterocycles. The van der Waals surface area contributed by atoms with Gasteiger partial charge in [0.25, 0.3) is 0 Å². The Morgan fingerprint density at radius 1 is 1.27 bits per heavy atom. The highest BCUT2D eigenvalue weighted by atomic mass is 16.5. The van der Waals surface area contributed by atoms with Crippen molar-refractivity contribution in [3.63, 3.8) is 0 Å². The van der Waals surface area contributed by atoms with Crippen LogP contribution >= 0.6 is 0 Å². The van der Waals surface area contributed by atoms with E-state index in [1.807, 2.05) is 0 Å². The number of carboxylic acid groups (broad SMARTS) is 1. The van der Waals surface area contributed by atoms with E-state index in [4.69, 9.17) is 4.74 Å². The van der Waals surface area contributed by atoms with Crippen LogP contribution in [0.5, 0.6) is 0 Å². The molecule has 1 aliphatic heterocycles. The largest absolute Gasteiger partial charge is 0.480 e. The Kier molecular flexibility index (Phi) is 6.34. The van der Waals surface area contributed by atoms with Crippen molar-refractivity contribution in [2.45, 2.75) is 26.8 Å². The maximum Gasteiger partial charge on any atom is 0.326 e. The Hall–Kier alpha value is -1.63. The summed E-state index contributed by atoms with van der Waals surface area (Å²) < 4.78 is 4.95. The summed E-state index contributed by atoms with van der Waals surface area (Å²) in [6.45, 7) is 6.37. The number of amides is 2. The molecule has 0 aromatic heterocycles. The number of carboxylic acids is 1. The molecular formula is C15H26N2O5. The normalized spacial score (nSPS) is 17.8. The fourth-order valence-electron chi connectivity index (χ4n) is 2.77. The first-order valence-corrected chi connectivity index (χ1v) is 7.47. The summed E-state index contributed by atoms with van der Waals surface area (Å²) in [5.41, 5.74) is 0. The maximum absolute atomic E-state index is 12.3. The minimum Gasteiger partial charge on any atom is -0.480 e. The van der Waals surface area contributed by atoms with Gasteiger partial charge in [-0.25, -0.2) is 4.79 Å². The Morgan fingerprint density at radius 2 is 1.82 bits per heavy atom. The summed E-state index contributed by atoms with van der Waals surface area (Å²) in [4.78, 5) is 38.6. The van der Waals surface area contributed by atoms with E-state index < -0.39 is 12.0 Å². The number of rotatable bonds is 7. The molecule has 1 aliphatic rings. The van der Waals surface area contributed by atoms with Crippen LogP contribution in [0.2, 0.25) is 0 Å². The molecule has 126 valence electrons. The lowest BCUT2D eigenvalue weighted by atomic mass is 9.94. The lowest BCUT2D eigenvalue weighted by Crippen LogP contribution is -2.59. The van der Waals surface area contributed by atoms with Gasteiger partial charge in [0.2, 0.25) is 11.8 Å². The lowest BCUT2D eigenvalue weighted by molar-refractivity contribution is -0.158. The molecule has 1 saturated heterocycles. The molecule has 0 saturated carbocycles. The second-order valence-corrected chi connectivity index (χ2v) is 6.27. The molecule has 1 fully saturated rings. The summed E-state index contributed by atoms with van der Waals surface area (Å²) in [6, 6.07) is -0.843. The zero-order chi connectivity index (χ0) is 17.0. The Balaban J connectivity index is 2.57. The van der Waals surface area contributed by atoms with E-state index in [2.05, 4.69) is 0 Å². The molecule has 0 aliphatic carbocycles. The number of carbonyl (C=O) groups is 3. The van der Waals surface area contributed by atoms with Gasteiger partial charge >= 0.3 is 5.97 Å². The molecule has 2 unspecified atom stereocenters. The van der Waals surface area contributed by atoms with E-state index in [9.17, 15) is 19.5 Å². The number of likely N-dealkylation sites (tertiary alicyclic amines) is 1. The van der Waals surface area contributed by atoms with E-state index in [1.54, 1.807) is 32.8 Å². The summed E-state index contributed by atoms with van der Waals surface area (Å²) in [5, 5.41) is 9.24. The number of carbonyl (C=O) groups excluding carboxylic acids is 2. The minimum atomic E-state index is -1.01. The highest BCUT2D eigenvalue weighted by Crippen LogP contribution is 2.22. The van der Waals surface area contributed by atoms with Crippen LogP contribution in [0.1, 0.15) is 20.8 Å². The zero-order valence-corrected chi connectivity index (χ0v) is 13.9. The molecule has 7 nitrogen and oxygen atoms in total. The Morgan fingerprint density at radius 3 is 2.23 bits per heavy atom. The highest BCUT2D eigenvalue weighted by Gasteiger charge is 2.41. The van der Waals surface area contributed by atoms with Crippen molar-refractivity contribution in [1.29, 1.82) is 0 Å². The summed E-state index contributed by atoms with van der Waals surface area (Å²) in [6.07, 6.45) is 0. The van der Waals surface area contributed by atoms with Crippen LogP contribution in [0, 0.1) is 17.8 Å². The van der Waals surface area contributed by atoms with Crippen LogP contribution < -0.4 is 0 Å². The van der Waals surface area contributed by atoms with Gasteiger partial charge < -0.3 is 19.6 Å². The van der Waals surface area contributed by atoms with Crippen molar-refractivity contribution in [2.24, 2.45) is 17.8 Å². The van der Waals surface area contributed by atoms with Crippen LogP contribution in [0.4, 0.5) is 0 Å². The number of ether oxygens (including phenoxy) is 1. The SMILES string of the molecule is COCC(C)C(=O)N1CC(C(=O)N(C)C(C(=O)O)C(C)C)C1. The molecule has 0 aromatic rings. The van der Waals surface area contributed by atoms with Crippen LogP contribution in [0.3, 0.4) is 0 Å². The zero-order valence-electron chi connectivity index (χ0n) is 13.9. The van der Waals surface area contributed by atoms with E-state index in [0.29, 0.717) is 19.7 Å². The number of nitrogens with zero attached hydrogens (tertiary/aromatic N) is 2. The Labute approximate surface area is 131 Å². The van der Waals surface area contributed by atoms with Crippen LogP contribution in [-0.4, -0.2) is 72.6 Å². The first-order chi connectivity index (χ1) is 10.2. The quantitative estimate of drug-likeness (QED) is 0.730. The van der Waals surface area contributed by atoms with Gasteiger partial charge in [0.15, 0.2) is 0 Å². The number of aliphatic carboxylic acids is 1. The van der Waals surface area contributed by atoms with Crippen LogP contribution in [0.25, 0.3) is 0 Å². The molecule has 0 bridgehead atoms. The molecule has 0 spiro atoms. The second kappa shape index (κ2) is 7.58. The second-order valence-electron chi connectivity index (χ2n) is 6.27.